The van der Waals surface area contributed by atoms with Crippen LogP contribution in [0.3, 0.4) is 0 Å². The quantitative estimate of drug-likeness (QED) is 0.549. The molecule has 40 heavy (non-hydrogen) atoms. The minimum absolute atomic E-state index is 0.0346. The number of carbonyl (C=O) groups excluding carboxylic acids is 4. The summed E-state index contributed by atoms with van der Waals surface area (Å²) in [4.78, 5) is 59.1. The van der Waals surface area contributed by atoms with Crippen molar-refractivity contribution < 1.29 is 23.9 Å². The average molecular weight is 553 g/mol. The van der Waals surface area contributed by atoms with Gasteiger partial charge < -0.3 is 24.8 Å². The number of alkyl carbamates (subject to hydrolysis) is 1. The van der Waals surface area contributed by atoms with E-state index in [4.69, 9.17) is 4.74 Å². The first-order valence-corrected chi connectivity index (χ1v) is 13.9. The highest BCUT2D eigenvalue weighted by molar-refractivity contribution is 5.94. The van der Waals surface area contributed by atoms with Gasteiger partial charge >= 0.3 is 6.09 Å². The van der Waals surface area contributed by atoms with Crippen LogP contribution in [0.25, 0.3) is 0 Å². The molecule has 1 unspecified atom stereocenters. The molecule has 3 aliphatic rings. The van der Waals surface area contributed by atoms with Crippen LogP contribution in [0.4, 0.5) is 4.79 Å². The van der Waals surface area contributed by atoms with E-state index in [0.29, 0.717) is 31.5 Å². The van der Waals surface area contributed by atoms with Gasteiger partial charge in [-0.15, -0.1) is 0 Å². The Morgan fingerprint density at radius 3 is 2.60 bits per heavy atom. The second-order valence-corrected chi connectivity index (χ2v) is 12.1. The molecule has 0 spiro atoms. The molecule has 216 valence electrons. The zero-order valence-electron chi connectivity index (χ0n) is 24.2. The van der Waals surface area contributed by atoms with E-state index in [9.17, 15) is 24.4 Å². The van der Waals surface area contributed by atoms with E-state index in [1.807, 2.05) is 34.9 Å². The summed E-state index contributed by atoms with van der Waals surface area (Å²) in [6.07, 6.45) is 1.24. The van der Waals surface area contributed by atoms with Gasteiger partial charge in [0, 0.05) is 45.3 Å². The number of piperazine rings is 1. The molecule has 3 aliphatic heterocycles. The normalized spacial score (nSPS) is 24.0. The van der Waals surface area contributed by atoms with Gasteiger partial charge in [0.15, 0.2) is 0 Å². The highest BCUT2D eigenvalue weighted by Gasteiger charge is 2.52. The Bertz CT molecular complexity index is 1200. The van der Waals surface area contributed by atoms with Gasteiger partial charge in [-0.1, -0.05) is 12.1 Å². The Labute approximate surface area is 236 Å². The van der Waals surface area contributed by atoms with Crippen LogP contribution in [0.1, 0.15) is 68.9 Å². The zero-order valence-corrected chi connectivity index (χ0v) is 24.2. The number of amides is 4. The number of hydrogen-bond donors (Lipinski definition) is 1. The molecule has 0 aliphatic carbocycles. The smallest absolute Gasteiger partial charge is 0.408 e. The highest BCUT2D eigenvalue weighted by Crippen LogP contribution is 2.38. The second kappa shape index (κ2) is 11.5. The van der Waals surface area contributed by atoms with Gasteiger partial charge in [0.05, 0.1) is 18.2 Å². The molecule has 4 rings (SSSR count). The van der Waals surface area contributed by atoms with Gasteiger partial charge in [0.1, 0.15) is 17.7 Å². The number of hydrogen-bond acceptors (Lipinski definition) is 7. The van der Waals surface area contributed by atoms with E-state index in [-0.39, 0.29) is 36.3 Å². The SMILES string of the molecule is C[C@H](c1cccc(C(=O)N(C)C)c1)N1C(=O)[C@@H]2CC1CN2C[C@H](NC(=O)OC(C)(C)C)C(=O)N1CCC[C@H]1C#N. The van der Waals surface area contributed by atoms with Crippen molar-refractivity contribution in [2.45, 2.75) is 82.8 Å². The summed E-state index contributed by atoms with van der Waals surface area (Å²) in [5, 5.41) is 12.2. The summed E-state index contributed by atoms with van der Waals surface area (Å²) >= 11 is 0. The molecule has 3 saturated heterocycles. The summed E-state index contributed by atoms with van der Waals surface area (Å²) < 4.78 is 5.41. The maximum atomic E-state index is 13.6. The summed E-state index contributed by atoms with van der Waals surface area (Å²) in [5.74, 6) is -0.468. The van der Waals surface area contributed by atoms with E-state index in [1.165, 1.54) is 9.80 Å². The fraction of sp³-hybridized carbons (Fsp3) is 0.621. The zero-order chi connectivity index (χ0) is 29.4. The first-order chi connectivity index (χ1) is 18.8. The van der Waals surface area contributed by atoms with Crippen LogP contribution in [0.15, 0.2) is 24.3 Å². The largest absolute Gasteiger partial charge is 0.444 e. The van der Waals surface area contributed by atoms with Crippen LogP contribution in [0.2, 0.25) is 0 Å². The minimum atomic E-state index is -0.949. The number of fused-ring (bicyclic) bond motifs is 2. The molecule has 2 bridgehead atoms. The number of benzene rings is 1. The number of nitriles is 1. The average Bonchev–Trinajstić information content (AvgIpc) is 3.60. The predicted octanol–water partition coefficient (Wildman–Crippen LogP) is 2.14. The third-order valence-electron chi connectivity index (χ3n) is 7.84. The molecule has 3 heterocycles. The Hall–Kier alpha value is -3.65. The molecule has 0 saturated carbocycles. The van der Waals surface area contributed by atoms with Crippen molar-refractivity contribution in [1.82, 2.24) is 24.9 Å². The molecule has 3 fully saturated rings. The molecule has 1 aromatic rings. The van der Waals surface area contributed by atoms with Gasteiger partial charge in [-0.3, -0.25) is 19.3 Å². The van der Waals surface area contributed by atoms with Crippen LogP contribution in [0.5, 0.6) is 0 Å². The van der Waals surface area contributed by atoms with Crippen molar-refractivity contribution in [3.05, 3.63) is 35.4 Å². The van der Waals surface area contributed by atoms with E-state index in [1.54, 1.807) is 40.9 Å². The number of rotatable bonds is 7. The van der Waals surface area contributed by atoms with Crippen molar-refractivity contribution >= 4 is 23.8 Å². The van der Waals surface area contributed by atoms with Crippen LogP contribution < -0.4 is 5.32 Å². The molecule has 5 atom stereocenters. The van der Waals surface area contributed by atoms with Crippen LogP contribution >= 0.6 is 0 Å². The molecule has 4 amide bonds. The van der Waals surface area contributed by atoms with Crippen LogP contribution in [0, 0.1) is 11.3 Å². The fourth-order valence-corrected chi connectivity index (χ4v) is 5.98. The summed E-state index contributed by atoms with van der Waals surface area (Å²) in [6, 6.07) is 7.37. The Kier molecular flexibility index (Phi) is 8.40. The first kappa shape index (κ1) is 29.3. The lowest BCUT2D eigenvalue weighted by atomic mass is 10.0. The van der Waals surface area contributed by atoms with Gasteiger partial charge in [-0.2, -0.15) is 5.26 Å². The summed E-state index contributed by atoms with van der Waals surface area (Å²) in [6.45, 7) is 8.36. The second-order valence-electron chi connectivity index (χ2n) is 12.1. The number of nitrogens with zero attached hydrogens (tertiary/aromatic N) is 5. The van der Waals surface area contributed by atoms with Crippen LogP contribution in [-0.4, -0.2) is 107 Å². The molecule has 0 aromatic heterocycles. The lowest BCUT2D eigenvalue weighted by Gasteiger charge is -2.39. The Morgan fingerprint density at radius 2 is 1.98 bits per heavy atom. The Balaban J connectivity index is 1.48. The predicted molar refractivity (Wildman–Crippen MR) is 147 cm³/mol. The van der Waals surface area contributed by atoms with Crippen LogP contribution in [-0.2, 0) is 14.3 Å². The van der Waals surface area contributed by atoms with E-state index in [2.05, 4.69) is 11.4 Å². The van der Waals surface area contributed by atoms with Crippen molar-refractivity contribution in [2.24, 2.45) is 0 Å². The topological polar surface area (TPSA) is 126 Å². The fourth-order valence-electron chi connectivity index (χ4n) is 5.98. The minimum Gasteiger partial charge on any atom is -0.444 e. The molecular weight excluding hydrogens is 512 g/mol. The molecule has 0 radical (unpaired) electrons. The van der Waals surface area contributed by atoms with E-state index < -0.39 is 29.8 Å². The third kappa shape index (κ3) is 6.07. The number of likely N-dealkylation sites (tertiary alicyclic amines) is 3. The summed E-state index contributed by atoms with van der Waals surface area (Å²) in [5.41, 5.74) is 0.713. The van der Waals surface area contributed by atoms with Gasteiger partial charge in [-0.25, -0.2) is 4.79 Å². The maximum Gasteiger partial charge on any atom is 0.408 e. The van der Waals surface area contributed by atoms with E-state index in [0.717, 1.165) is 12.0 Å². The standard InChI is InChI=1S/C29H40N6O5/c1-18(19-9-7-10-20(13-19)25(36)32(5)6)35-22-14-24(27(35)38)33(16-22)17-23(31-28(39)40-29(2,3)4)26(37)34-12-8-11-21(34)15-30/h7,9-10,13,18,21-24H,8,11-12,14,16-17H2,1-6H3,(H,31,39)/t18-,21+,22?,23+,24+/m1/s1. The van der Waals surface area contributed by atoms with Gasteiger partial charge in [0.25, 0.3) is 5.91 Å². The number of ether oxygens (including phenoxy) is 1. The van der Waals surface area contributed by atoms with Crippen molar-refractivity contribution in [3.8, 4) is 6.07 Å². The number of carbonyl (C=O) groups is 4. The molecule has 11 nitrogen and oxygen atoms in total. The van der Waals surface area contributed by atoms with Crippen molar-refractivity contribution in [2.75, 3.05) is 33.7 Å². The maximum absolute atomic E-state index is 13.6. The first-order valence-electron chi connectivity index (χ1n) is 13.9. The van der Waals surface area contributed by atoms with Gasteiger partial charge in [-0.05, 0) is 64.7 Å². The van der Waals surface area contributed by atoms with Crippen molar-refractivity contribution in [1.29, 1.82) is 5.26 Å². The highest BCUT2D eigenvalue weighted by atomic mass is 16.6. The monoisotopic (exact) mass is 552 g/mol. The molecular formula is C29H40N6O5. The molecule has 11 heteroatoms. The molecule has 1 aromatic carbocycles. The van der Waals surface area contributed by atoms with E-state index >= 15 is 0 Å². The molecule has 1 N–H and O–H groups in total. The lowest BCUT2D eigenvalue weighted by Crippen LogP contribution is -2.59. The third-order valence-corrected chi connectivity index (χ3v) is 7.84. The Morgan fingerprint density at radius 1 is 1.25 bits per heavy atom. The summed E-state index contributed by atoms with van der Waals surface area (Å²) in [7, 11) is 3.41. The van der Waals surface area contributed by atoms with Gasteiger partial charge in [0.2, 0.25) is 11.8 Å². The number of nitrogens with one attached hydrogen (secondary N) is 1. The van der Waals surface area contributed by atoms with Crippen molar-refractivity contribution in [3.63, 3.8) is 0 Å². The lowest BCUT2D eigenvalue weighted by molar-refractivity contribution is -0.141.